The number of para-hydroxylation sites is 1. The molecule has 0 saturated heterocycles. The van der Waals surface area contributed by atoms with Gasteiger partial charge in [-0.25, -0.2) is 9.55 Å². The highest BCUT2D eigenvalue weighted by Gasteiger charge is 2.19. The van der Waals surface area contributed by atoms with E-state index in [2.05, 4.69) is 15.2 Å². The molecular formula is C27H21N5O2S. The summed E-state index contributed by atoms with van der Waals surface area (Å²) in [6.07, 6.45) is 1.67. The number of fused-ring (bicyclic) bond motifs is 3. The lowest BCUT2D eigenvalue weighted by Gasteiger charge is -2.13. The second-order valence-electron chi connectivity index (χ2n) is 8.36. The van der Waals surface area contributed by atoms with Gasteiger partial charge in [0, 0.05) is 11.3 Å². The first-order chi connectivity index (χ1) is 17.1. The number of nitrogens with zero attached hydrogens (tertiary/aromatic N) is 5. The van der Waals surface area contributed by atoms with Crippen LogP contribution >= 0.6 is 11.8 Å². The Labute approximate surface area is 205 Å². The first kappa shape index (κ1) is 21.4. The van der Waals surface area contributed by atoms with Crippen molar-refractivity contribution in [2.24, 2.45) is 0 Å². The zero-order chi connectivity index (χ0) is 23.9. The Balaban J connectivity index is 1.45. The van der Waals surface area contributed by atoms with Crippen LogP contribution in [-0.2, 0) is 5.75 Å². The van der Waals surface area contributed by atoms with Crippen molar-refractivity contribution < 1.29 is 4.42 Å². The standard InChI is InChI=1S/C27H21N5O2S/c1-17-12-13-18(2)23(14-17)31-25(33)21-10-6-7-11-22(21)32-26(31)29-30-27(32)35-16-20-15-34-24(28-20)19-8-4-3-5-9-19/h3-15H,16H2,1-2H3. The van der Waals surface area contributed by atoms with Gasteiger partial charge in [-0.2, -0.15) is 0 Å². The summed E-state index contributed by atoms with van der Waals surface area (Å²) >= 11 is 1.50. The van der Waals surface area contributed by atoms with Crippen molar-refractivity contribution in [3.05, 3.63) is 106 Å². The van der Waals surface area contributed by atoms with Crippen molar-refractivity contribution in [2.75, 3.05) is 0 Å². The fourth-order valence-electron chi connectivity index (χ4n) is 4.17. The van der Waals surface area contributed by atoms with Crippen molar-refractivity contribution in [2.45, 2.75) is 24.8 Å². The molecule has 35 heavy (non-hydrogen) atoms. The molecule has 0 aliphatic heterocycles. The molecule has 6 rings (SSSR count). The summed E-state index contributed by atoms with van der Waals surface area (Å²) < 4.78 is 9.29. The third-order valence-electron chi connectivity index (χ3n) is 5.92. The summed E-state index contributed by atoms with van der Waals surface area (Å²) in [5, 5.41) is 10.2. The van der Waals surface area contributed by atoms with E-state index in [1.165, 1.54) is 11.8 Å². The Bertz CT molecular complexity index is 1750. The molecule has 3 heterocycles. The molecule has 7 nitrogen and oxygen atoms in total. The Morgan fingerprint density at radius 1 is 0.943 bits per heavy atom. The predicted octanol–water partition coefficient (Wildman–Crippen LogP) is 5.60. The number of aryl methyl sites for hydroxylation is 2. The smallest absolute Gasteiger partial charge is 0.267 e. The third kappa shape index (κ3) is 3.72. The topological polar surface area (TPSA) is 78.2 Å². The average Bonchev–Trinajstić information content (AvgIpc) is 3.53. The van der Waals surface area contributed by atoms with E-state index in [0.717, 1.165) is 33.6 Å². The number of aromatic nitrogens is 5. The summed E-state index contributed by atoms with van der Waals surface area (Å²) in [6.45, 7) is 4.01. The molecule has 0 unspecified atom stereocenters. The lowest BCUT2D eigenvalue weighted by Crippen LogP contribution is -2.22. The monoisotopic (exact) mass is 479 g/mol. The number of hydrogen-bond acceptors (Lipinski definition) is 6. The van der Waals surface area contributed by atoms with Gasteiger partial charge in [0.2, 0.25) is 11.7 Å². The number of thioether (sulfide) groups is 1. The quantitative estimate of drug-likeness (QED) is 0.300. The van der Waals surface area contributed by atoms with E-state index in [4.69, 9.17) is 4.42 Å². The summed E-state index contributed by atoms with van der Waals surface area (Å²) in [5.74, 6) is 1.62. The minimum Gasteiger partial charge on any atom is -0.444 e. The lowest BCUT2D eigenvalue weighted by molar-refractivity contribution is 0.573. The fraction of sp³-hybridized carbons (Fsp3) is 0.111. The van der Waals surface area contributed by atoms with Gasteiger partial charge in [0.15, 0.2) is 5.16 Å². The molecule has 0 amide bonds. The summed E-state index contributed by atoms with van der Waals surface area (Å²) in [7, 11) is 0. The molecule has 0 atom stereocenters. The van der Waals surface area contributed by atoms with Gasteiger partial charge in [-0.05, 0) is 55.3 Å². The highest BCUT2D eigenvalue weighted by atomic mass is 32.2. The minimum atomic E-state index is -0.116. The van der Waals surface area contributed by atoms with Crippen LogP contribution in [0.1, 0.15) is 16.8 Å². The highest BCUT2D eigenvalue weighted by molar-refractivity contribution is 7.98. The summed E-state index contributed by atoms with van der Waals surface area (Å²) in [6, 6.07) is 23.4. The maximum absolute atomic E-state index is 13.6. The van der Waals surface area contributed by atoms with Crippen molar-refractivity contribution in [1.82, 2.24) is 24.1 Å². The van der Waals surface area contributed by atoms with E-state index in [0.29, 0.717) is 28.0 Å². The van der Waals surface area contributed by atoms with E-state index < -0.39 is 0 Å². The van der Waals surface area contributed by atoms with Crippen LogP contribution in [0.15, 0.2) is 93.4 Å². The second-order valence-corrected chi connectivity index (χ2v) is 9.31. The summed E-state index contributed by atoms with van der Waals surface area (Å²) in [4.78, 5) is 18.2. The van der Waals surface area contributed by atoms with Crippen molar-refractivity contribution >= 4 is 28.4 Å². The number of rotatable bonds is 5. The van der Waals surface area contributed by atoms with Gasteiger partial charge in [0.05, 0.1) is 22.3 Å². The Morgan fingerprint density at radius 3 is 2.60 bits per heavy atom. The van der Waals surface area contributed by atoms with Crippen LogP contribution in [-0.4, -0.2) is 24.1 Å². The first-order valence-corrected chi connectivity index (χ1v) is 12.2. The molecule has 0 aliphatic rings. The third-order valence-corrected chi connectivity index (χ3v) is 6.88. The fourth-order valence-corrected chi connectivity index (χ4v) is 4.99. The maximum Gasteiger partial charge on any atom is 0.267 e. The van der Waals surface area contributed by atoms with Gasteiger partial charge in [0.1, 0.15) is 6.26 Å². The second kappa shape index (κ2) is 8.56. The van der Waals surface area contributed by atoms with Crippen molar-refractivity contribution in [1.29, 1.82) is 0 Å². The van der Waals surface area contributed by atoms with E-state index in [9.17, 15) is 4.79 Å². The van der Waals surface area contributed by atoms with Crippen LogP contribution in [0.4, 0.5) is 0 Å². The van der Waals surface area contributed by atoms with E-state index in [-0.39, 0.29) is 5.56 Å². The van der Waals surface area contributed by atoms with Gasteiger partial charge in [0.25, 0.3) is 5.56 Å². The Kier molecular flexibility index (Phi) is 5.22. The molecule has 0 radical (unpaired) electrons. The van der Waals surface area contributed by atoms with E-state index in [1.54, 1.807) is 10.8 Å². The number of hydrogen-bond donors (Lipinski definition) is 0. The molecule has 172 valence electrons. The van der Waals surface area contributed by atoms with Crippen molar-refractivity contribution in [3.63, 3.8) is 0 Å². The van der Waals surface area contributed by atoms with Crippen LogP contribution in [0, 0.1) is 13.8 Å². The largest absolute Gasteiger partial charge is 0.444 e. The summed E-state index contributed by atoms with van der Waals surface area (Å²) in [5.41, 5.74) is 5.25. The average molecular weight is 480 g/mol. The molecule has 0 aliphatic carbocycles. The molecule has 0 spiro atoms. The van der Waals surface area contributed by atoms with Gasteiger partial charge in [-0.15, -0.1) is 10.2 Å². The molecule has 8 heteroatoms. The first-order valence-electron chi connectivity index (χ1n) is 11.2. The molecular weight excluding hydrogens is 458 g/mol. The molecule has 6 aromatic rings. The van der Waals surface area contributed by atoms with Gasteiger partial charge in [-0.3, -0.25) is 9.20 Å². The molecule has 3 aromatic heterocycles. The van der Waals surface area contributed by atoms with Crippen molar-refractivity contribution in [3.8, 4) is 17.1 Å². The zero-order valence-corrected chi connectivity index (χ0v) is 20.0. The Morgan fingerprint density at radius 2 is 1.74 bits per heavy atom. The van der Waals surface area contributed by atoms with Gasteiger partial charge in [-0.1, -0.05) is 54.2 Å². The molecule has 0 saturated carbocycles. The van der Waals surface area contributed by atoms with Gasteiger partial charge < -0.3 is 4.42 Å². The zero-order valence-electron chi connectivity index (χ0n) is 19.2. The molecule has 0 bridgehead atoms. The Hall–Kier alpha value is -4.17. The van der Waals surface area contributed by atoms with Crippen LogP contribution in [0.5, 0.6) is 0 Å². The SMILES string of the molecule is Cc1ccc(C)c(-n2c(=O)c3ccccc3n3c(SCc4coc(-c5ccccc5)n4)nnc23)c1. The molecule has 0 N–H and O–H groups in total. The van der Waals surface area contributed by atoms with E-state index >= 15 is 0 Å². The normalized spacial score (nSPS) is 11.5. The predicted molar refractivity (Wildman–Crippen MR) is 137 cm³/mol. The van der Waals surface area contributed by atoms with Crippen LogP contribution < -0.4 is 5.56 Å². The highest BCUT2D eigenvalue weighted by Crippen LogP contribution is 2.27. The minimum absolute atomic E-state index is 0.116. The van der Waals surface area contributed by atoms with Crippen LogP contribution in [0.25, 0.3) is 33.8 Å². The van der Waals surface area contributed by atoms with Crippen LogP contribution in [0.3, 0.4) is 0 Å². The van der Waals surface area contributed by atoms with E-state index in [1.807, 2.05) is 91.0 Å². The number of oxazole rings is 1. The van der Waals surface area contributed by atoms with Crippen LogP contribution in [0.2, 0.25) is 0 Å². The molecule has 3 aromatic carbocycles. The maximum atomic E-state index is 13.6. The number of benzene rings is 3. The van der Waals surface area contributed by atoms with Gasteiger partial charge >= 0.3 is 0 Å². The lowest BCUT2D eigenvalue weighted by atomic mass is 10.1. The molecule has 0 fully saturated rings.